The molecule has 0 fully saturated rings. The van der Waals surface area contributed by atoms with E-state index in [1.165, 1.54) is 12.1 Å². The van der Waals surface area contributed by atoms with Crippen LogP contribution in [0.25, 0.3) is 11.1 Å². The molecule has 4 aromatic rings. The van der Waals surface area contributed by atoms with Crippen molar-refractivity contribution in [1.29, 1.82) is 5.26 Å². The molecule has 0 saturated heterocycles. The Bertz CT molecular complexity index is 1320. The van der Waals surface area contributed by atoms with Crippen LogP contribution in [-0.2, 0) is 16.8 Å². The van der Waals surface area contributed by atoms with Crippen LogP contribution in [0.1, 0.15) is 16.7 Å². The Morgan fingerprint density at radius 2 is 1.73 bits per heavy atom. The lowest BCUT2D eigenvalue weighted by molar-refractivity contribution is -0.135. The minimum absolute atomic E-state index is 0.0613. The summed E-state index contributed by atoms with van der Waals surface area (Å²) >= 11 is 6.11. The maximum absolute atomic E-state index is 13.4. The number of nitrogens with zero attached hydrogens (tertiary/aromatic N) is 2. The molecule has 0 spiro atoms. The molecule has 5 nitrogen and oxygen atoms in total. The Labute approximate surface area is 196 Å². The molecule has 1 unspecified atom stereocenters. The van der Waals surface area contributed by atoms with Crippen LogP contribution >= 0.6 is 11.6 Å². The van der Waals surface area contributed by atoms with Gasteiger partial charge >= 0.3 is 0 Å². The zero-order valence-electron chi connectivity index (χ0n) is 17.6. The molecule has 1 atom stereocenters. The first-order valence-electron chi connectivity index (χ1n) is 10.3. The van der Waals surface area contributed by atoms with Gasteiger partial charge in [-0.2, -0.15) is 5.26 Å². The Morgan fingerprint density at radius 3 is 2.42 bits per heavy atom. The van der Waals surface area contributed by atoms with Crippen molar-refractivity contribution in [2.24, 2.45) is 0 Å². The van der Waals surface area contributed by atoms with E-state index in [4.69, 9.17) is 16.9 Å². The monoisotopic (exact) mass is 453 g/mol. The molecule has 0 saturated carbocycles. The van der Waals surface area contributed by atoms with Gasteiger partial charge in [0.05, 0.1) is 10.6 Å². The van der Waals surface area contributed by atoms with Crippen LogP contribution in [0.3, 0.4) is 0 Å². The lowest BCUT2D eigenvalue weighted by atomic mass is 9.85. The lowest BCUT2D eigenvalue weighted by Crippen LogP contribution is -2.42. The maximum Gasteiger partial charge on any atom is 0.261 e. The molecule has 3 aromatic carbocycles. The van der Waals surface area contributed by atoms with Crippen LogP contribution in [0, 0.1) is 11.3 Å². The van der Waals surface area contributed by atoms with Crippen LogP contribution < -0.4 is 5.32 Å². The van der Waals surface area contributed by atoms with Crippen molar-refractivity contribution in [3.05, 3.63) is 119 Å². The van der Waals surface area contributed by atoms with Crippen molar-refractivity contribution in [3.63, 3.8) is 0 Å². The summed E-state index contributed by atoms with van der Waals surface area (Å²) in [6.07, 6.45) is 3.50. The summed E-state index contributed by atoms with van der Waals surface area (Å²) in [5.41, 5.74) is 2.08. The molecule has 1 amide bonds. The minimum Gasteiger partial charge on any atom is -0.375 e. The van der Waals surface area contributed by atoms with Gasteiger partial charge in [0.25, 0.3) is 5.91 Å². The van der Waals surface area contributed by atoms with E-state index in [1.54, 1.807) is 42.7 Å². The summed E-state index contributed by atoms with van der Waals surface area (Å²) in [6.45, 7) is 0. The lowest BCUT2D eigenvalue weighted by Gasteiger charge is -2.28. The highest BCUT2D eigenvalue weighted by atomic mass is 35.5. The number of benzene rings is 3. The molecule has 6 heteroatoms. The molecule has 0 aliphatic carbocycles. The number of aromatic nitrogens is 1. The van der Waals surface area contributed by atoms with E-state index in [0.717, 1.165) is 16.7 Å². The van der Waals surface area contributed by atoms with Crippen molar-refractivity contribution < 1.29 is 9.90 Å². The Kier molecular flexibility index (Phi) is 6.50. The fourth-order valence-corrected chi connectivity index (χ4v) is 3.87. The first kappa shape index (κ1) is 22.2. The van der Waals surface area contributed by atoms with Gasteiger partial charge in [-0.25, -0.2) is 0 Å². The molecule has 0 aliphatic rings. The van der Waals surface area contributed by atoms with E-state index in [-0.39, 0.29) is 11.4 Å². The molecule has 1 heterocycles. The number of amides is 1. The third-order valence-corrected chi connectivity index (χ3v) is 5.69. The fraction of sp³-hybridized carbons (Fsp3) is 0.0741. The number of pyridine rings is 1. The Hall–Kier alpha value is -3.98. The molecule has 2 N–H and O–H groups in total. The van der Waals surface area contributed by atoms with Crippen molar-refractivity contribution in [2.45, 2.75) is 12.0 Å². The highest BCUT2D eigenvalue weighted by Gasteiger charge is 2.38. The molecule has 0 aliphatic heterocycles. The van der Waals surface area contributed by atoms with E-state index in [9.17, 15) is 9.90 Å². The van der Waals surface area contributed by atoms with Gasteiger partial charge in [0, 0.05) is 24.5 Å². The number of anilines is 1. The molecule has 0 bridgehead atoms. The van der Waals surface area contributed by atoms with Crippen LogP contribution in [-0.4, -0.2) is 16.0 Å². The van der Waals surface area contributed by atoms with Gasteiger partial charge in [-0.05, 0) is 52.6 Å². The number of aliphatic hydroxyl groups is 1. The zero-order chi connectivity index (χ0) is 23.3. The quantitative estimate of drug-likeness (QED) is 0.412. The minimum atomic E-state index is -1.83. The Balaban J connectivity index is 1.68. The van der Waals surface area contributed by atoms with Gasteiger partial charge in [-0.1, -0.05) is 66.2 Å². The molecular formula is C27H20ClN3O2. The van der Waals surface area contributed by atoms with Crippen LogP contribution in [0.15, 0.2) is 97.3 Å². The summed E-state index contributed by atoms with van der Waals surface area (Å²) in [5, 5.41) is 23.7. The maximum atomic E-state index is 13.4. The SMILES string of the molecule is N#Cc1ccc(NC(=O)C(O)(Cc2cccc(-c3ccncc3)c2)c2ccccc2)cc1Cl. The van der Waals surface area contributed by atoms with E-state index in [1.807, 2.05) is 48.5 Å². The average molecular weight is 454 g/mol. The normalized spacial score (nSPS) is 12.4. The van der Waals surface area contributed by atoms with Gasteiger partial charge in [-0.15, -0.1) is 0 Å². The number of carbonyl (C=O) groups is 1. The van der Waals surface area contributed by atoms with Crippen LogP contribution in [0.4, 0.5) is 5.69 Å². The smallest absolute Gasteiger partial charge is 0.261 e. The van der Waals surface area contributed by atoms with Crippen molar-refractivity contribution in [2.75, 3.05) is 5.32 Å². The number of carbonyl (C=O) groups excluding carboxylic acids is 1. The predicted octanol–water partition coefficient (Wildman–Crippen LogP) is 5.34. The standard InChI is InChI=1S/C27H20ClN3O2/c28-25-16-24(10-9-22(25)18-29)31-26(32)27(33,23-7-2-1-3-8-23)17-19-5-4-6-21(15-19)20-11-13-30-14-12-20/h1-16,33H,17H2,(H,31,32). The number of halogens is 1. The van der Waals surface area contributed by atoms with Gasteiger partial charge in [0.1, 0.15) is 6.07 Å². The summed E-state index contributed by atoms with van der Waals surface area (Å²) in [4.78, 5) is 17.4. The van der Waals surface area contributed by atoms with Crippen LogP contribution in [0.5, 0.6) is 0 Å². The first-order valence-corrected chi connectivity index (χ1v) is 10.7. The summed E-state index contributed by atoms with van der Waals surface area (Å²) < 4.78 is 0. The third kappa shape index (κ3) is 4.93. The van der Waals surface area contributed by atoms with Gasteiger partial charge in [0.15, 0.2) is 5.60 Å². The first-order chi connectivity index (χ1) is 16.0. The van der Waals surface area contributed by atoms with Gasteiger partial charge in [-0.3, -0.25) is 9.78 Å². The third-order valence-electron chi connectivity index (χ3n) is 5.37. The fourth-order valence-electron chi connectivity index (χ4n) is 3.65. The van der Waals surface area contributed by atoms with E-state index >= 15 is 0 Å². The summed E-state index contributed by atoms with van der Waals surface area (Å²) in [5.74, 6) is -0.594. The van der Waals surface area contributed by atoms with Crippen LogP contribution in [0.2, 0.25) is 5.02 Å². The number of hydrogen-bond donors (Lipinski definition) is 2. The molecule has 4 rings (SSSR count). The highest BCUT2D eigenvalue weighted by molar-refractivity contribution is 6.32. The number of nitriles is 1. The summed E-state index contributed by atoms with van der Waals surface area (Å²) in [7, 11) is 0. The van der Waals surface area contributed by atoms with E-state index in [2.05, 4.69) is 10.3 Å². The predicted molar refractivity (Wildman–Crippen MR) is 129 cm³/mol. The van der Waals surface area contributed by atoms with E-state index < -0.39 is 11.5 Å². The Morgan fingerprint density at radius 1 is 0.970 bits per heavy atom. The van der Waals surface area contributed by atoms with E-state index in [0.29, 0.717) is 16.8 Å². The largest absolute Gasteiger partial charge is 0.375 e. The molecular weight excluding hydrogens is 434 g/mol. The van der Waals surface area contributed by atoms with Crippen molar-refractivity contribution in [1.82, 2.24) is 4.98 Å². The molecule has 0 radical (unpaired) electrons. The van der Waals surface area contributed by atoms with Gasteiger partial charge < -0.3 is 10.4 Å². The van der Waals surface area contributed by atoms with Crippen molar-refractivity contribution in [3.8, 4) is 17.2 Å². The molecule has 162 valence electrons. The summed E-state index contributed by atoms with van der Waals surface area (Å²) in [6, 6.07) is 26.9. The second-order valence-electron chi connectivity index (χ2n) is 7.60. The van der Waals surface area contributed by atoms with Gasteiger partial charge in [0.2, 0.25) is 0 Å². The second kappa shape index (κ2) is 9.66. The number of rotatable bonds is 6. The topological polar surface area (TPSA) is 86.0 Å². The highest BCUT2D eigenvalue weighted by Crippen LogP contribution is 2.30. The average Bonchev–Trinajstić information content (AvgIpc) is 2.85. The number of nitrogens with one attached hydrogen (secondary N) is 1. The molecule has 1 aromatic heterocycles. The number of hydrogen-bond acceptors (Lipinski definition) is 4. The van der Waals surface area contributed by atoms with Crippen molar-refractivity contribution >= 4 is 23.2 Å². The molecule has 33 heavy (non-hydrogen) atoms. The zero-order valence-corrected chi connectivity index (χ0v) is 18.3. The second-order valence-corrected chi connectivity index (χ2v) is 8.01.